The largest absolute Gasteiger partial charge is 0.383 e. The molecule has 4 N–H and O–H groups in total. The van der Waals surface area contributed by atoms with Crippen LogP contribution in [0.2, 0.25) is 0 Å². The van der Waals surface area contributed by atoms with Gasteiger partial charge in [0.15, 0.2) is 0 Å². The van der Waals surface area contributed by atoms with Crippen molar-refractivity contribution in [3.63, 3.8) is 0 Å². The van der Waals surface area contributed by atoms with Crippen molar-refractivity contribution in [2.24, 2.45) is 5.73 Å². The highest BCUT2D eigenvalue weighted by Crippen LogP contribution is 2.24. The molecule has 1 aliphatic heterocycles. The molecule has 2 aromatic heterocycles. The molecule has 2 aromatic rings. The van der Waals surface area contributed by atoms with E-state index in [-0.39, 0.29) is 0 Å². The summed E-state index contributed by atoms with van der Waals surface area (Å²) < 4.78 is 5.04. The van der Waals surface area contributed by atoms with E-state index in [2.05, 4.69) is 20.5 Å². The molecule has 1 aliphatic rings. The van der Waals surface area contributed by atoms with Gasteiger partial charge in [-0.15, -0.1) is 0 Å². The van der Waals surface area contributed by atoms with Crippen molar-refractivity contribution in [1.82, 2.24) is 15.3 Å². The molecule has 0 spiro atoms. The summed E-state index contributed by atoms with van der Waals surface area (Å²) in [5.41, 5.74) is 7.56. The number of aromatic nitrogens is 2. The van der Waals surface area contributed by atoms with Gasteiger partial charge in [0.1, 0.15) is 11.6 Å². The van der Waals surface area contributed by atoms with Crippen molar-refractivity contribution < 1.29 is 9.53 Å². The van der Waals surface area contributed by atoms with Crippen LogP contribution in [-0.2, 0) is 4.74 Å². The van der Waals surface area contributed by atoms with Crippen molar-refractivity contribution in [2.45, 2.75) is 0 Å². The Morgan fingerprint density at radius 3 is 2.88 bits per heavy atom. The third-order valence-corrected chi connectivity index (χ3v) is 4.21. The molecule has 1 amide bonds. The Morgan fingerprint density at radius 1 is 1.35 bits per heavy atom. The van der Waals surface area contributed by atoms with Crippen molar-refractivity contribution in [2.75, 3.05) is 56.7 Å². The first kappa shape index (κ1) is 18.1. The zero-order valence-corrected chi connectivity index (χ0v) is 14.9. The lowest BCUT2D eigenvalue weighted by molar-refractivity contribution is 0.1000. The van der Waals surface area contributed by atoms with Gasteiger partial charge in [0.25, 0.3) is 0 Å². The normalized spacial score (nSPS) is 14.3. The van der Waals surface area contributed by atoms with Gasteiger partial charge in [-0.1, -0.05) is 0 Å². The summed E-state index contributed by atoms with van der Waals surface area (Å²) >= 11 is 0. The van der Waals surface area contributed by atoms with Crippen molar-refractivity contribution in [1.29, 1.82) is 0 Å². The highest BCUT2D eigenvalue weighted by molar-refractivity contribution is 5.94. The predicted molar refractivity (Wildman–Crippen MR) is 101 cm³/mol. The molecule has 0 aliphatic carbocycles. The molecular weight excluding hydrogens is 332 g/mol. The van der Waals surface area contributed by atoms with Crippen LogP contribution in [0.1, 0.15) is 10.4 Å². The lowest BCUT2D eigenvalue weighted by atomic mass is 10.1. The van der Waals surface area contributed by atoms with Gasteiger partial charge >= 0.3 is 0 Å². The second kappa shape index (κ2) is 8.59. The van der Waals surface area contributed by atoms with Crippen molar-refractivity contribution in [3.05, 3.63) is 36.0 Å². The molecule has 3 rings (SSSR count). The first-order valence-corrected chi connectivity index (χ1v) is 8.64. The van der Waals surface area contributed by atoms with E-state index >= 15 is 0 Å². The second-order valence-corrected chi connectivity index (χ2v) is 6.05. The Balaban J connectivity index is 1.91. The molecule has 138 valence electrons. The van der Waals surface area contributed by atoms with Crippen molar-refractivity contribution >= 4 is 17.5 Å². The highest BCUT2D eigenvalue weighted by atomic mass is 16.5. The van der Waals surface area contributed by atoms with E-state index < -0.39 is 5.91 Å². The minimum absolute atomic E-state index is 0.453. The summed E-state index contributed by atoms with van der Waals surface area (Å²) in [6.45, 7) is 4.72. The van der Waals surface area contributed by atoms with E-state index in [0.29, 0.717) is 24.4 Å². The number of methoxy groups -OCH3 is 1. The molecular formula is C18H24N6O2. The number of hydrogen-bond donors (Lipinski definition) is 3. The van der Waals surface area contributed by atoms with Crippen LogP contribution in [0.5, 0.6) is 0 Å². The number of carbonyl (C=O) groups excluding carboxylic acids is 1. The van der Waals surface area contributed by atoms with Gasteiger partial charge in [0, 0.05) is 57.2 Å². The fraction of sp³-hybridized carbons (Fsp3) is 0.389. The number of hydrogen-bond acceptors (Lipinski definition) is 7. The summed E-state index contributed by atoms with van der Waals surface area (Å²) in [6, 6.07) is 7.26. The number of nitrogens with one attached hydrogen (secondary N) is 2. The molecule has 0 aromatic carbocycles. The second-order valence-electron chi connectivity index (χ2n) is 6.05. The quantitative estimate of drug-likeness (QED) is 0.628. The maximum absolute atomic E-state index is 11.8. The molecule has 1 saturated heterocycles. The van der Waals surface area contributed by atoms with Crippen LogP contribution < -0.4 is 21.3 Å². The fourth-order valence-corrected chi connectivity index (χ4v) is 2.83. The third kappa shape index (κ3) is 4.47. The van der Waals surface area contributed by atoms with Crippen LogP contribution in [-0.4, -0.2) is 62.3 Å². The van der Waals surface area contributed by atoms with E-state index in [4.69, 9.17) is 15.5 Å². The average Bonchev–Trinajstić information content (AvgIpc) is 2.69. The standard InChI is InChI=1S/C18H24N6O2/c1-26-9-6-22-16-11-13(2-3-21-16)15-10-14(18(19)25)12-17(23-15)24-7-4-20-5-8-24/h2-3,10-12,20H,4-9H2,1H3,(H2,19,25)(H,21,22). The number of pyridine rings is 2. The average molecular weight is 356 g/mol. The minimum Gasteiger partial charge on any atom is -0.383 e. The van der Waals surface area contributed by atoms with Crippen LogP contribution in [0.15, 0.2) is 30.5 Å². The number of anilines is 2. The summed E-state index contributed by atoms with van der Waals surface area (Å²) in [5.74, 6) is 1.04. The summed E-state index contributed by atoms with van der Waals surface area (Å²) in [7, 11) is 1.66. The van der Waals surface area contributed by atoms with E-state index in [1.54, 1.807) is 25.4 Å². The molecule has 3 heterocycles. The number of nitrogens with two attached hydrogens (primary N) is 1. The Hall–Kier alpha value is -2.71. The van der Waals surface area contributed by atoms with Crippen LogP contribution >= 0.6 is 0 Å². The molecule has 26 heavy (non-hydrogen) atoms. The first-order chi connectivity index (χ1) is 12.7. The summed E-state index contributed by atoms with van der Waals surface area (Å²) in [5, 5.41) is 6.51. The van der Waals surface area contributed by atoms with Gasteiger partial charge in [-0.3, -0.25) is 4.79 Å². The number of piperazine rings is 1. The number of rotatable bonds is 7. The lowest BCUT2D eigenvalue weighted by Crippen LogP contribution is -2.44. The van der Waals surface area contributed by atoms with E-state index in [1.165, 1.54) is 0 Å². The van der Waals surface area contributed by atoms with Crippen LogP contribution in [0, 0.1) is 0 Å². The molecule has 0 saturated carbocycles. The maximum atomic E-state index is 11.8. The Kier molecular flexibility index (Phi) is 5.98. The molecule has 0 radical (unpaired) electrons. The maximum Gasteiger partial charge on any atom is 0.248 e. The fourth-order valence-electron chi connectivity index (χ4n) is 2.83. The van der Waals surface area contributed by atoms with Crippen LogP contribution in [0.3, 0.4) is 0 Å². The monoisotopic (exact) mass is 356 g/mol. The summed E-state index contributed by atoms with van der Waals surface area (Å²) in [4.78, 5) is 23.0. The Bertz CT molecular complexity index is 761. The molecule has 0 bridgehead atoms. The number of primary amides is 1. The third-order valence-electron chi connectivity index (χ3n) is 4.21. The van der Waals surface area contributed by atoms with Gasteiger partial charge in [-0.2, -0.15) is 0 Å². The highest BCUT2D eigenvalue weighted by Gasteiger charge is 2.16. The van der Waals surface area contributed by atoms with Crippen LogP contribution in [0.25, 0.3) is 11.3 Å². The topological polar surface area (TPSA) is 105 Å². The molecule has 1 fully saturated rings. The van der Waals surface area contributed by atoms with Gasteiger partial charge in [0.05, 0.1) is 12.3 Å². The predicted octanol–water partition coefficient (Wildman–Crippen LogP) is 0.710. The number of amides is 1. The number of nitrogens with zero attached hydrogens (tertiary/aromatic N) is 3. The molecule has 0 unspecified atom stereocenters. The SMILES string of the molecule is COCCNc1cc(-c2cc(C(N)=O)cc(N3CCNCC3)n2)ccn1. The zero-order chi connectivity index (χ0) is 18.4. The smallest absolute Gasteiger partial charge is 0.248 e. The van der Waals surface area contributed by atoms with Gasteiger partial charge < -0.3 is 26.0 Å². The molecule has 8 nitrogen and oxygen atoms in total. The van der Waals surface area contributed by atoms with Crippen molar-refractivity contribution in [3.8, 4) is 11.3 Å². The van der Waals surface area contributed by atoms with E-state index in [0.717, 1.165) is 43.4 Å². The zero-order valence-electron chi connectivity index (χ0n) is 14.9. The lowest BCUT2D eigenvalue weighted by Gasteiger charge is -2.29. The van der Waals surface area contributed by atoms with Gasteiger partial charge in [0.2, 0.25) is 5.91 Å². The minimum atomic E-state index is -0.461. The number of ether oxygens (including phenoxy) is 1. The Morgan fingerprint density at radius 2 is 2.15 bits per heavy atom. The van der Waals surface area contributed by atoms with E-state index in [1.807, 2.05) is 12.1 Å². The number of carbonyl (C=O) groups is 1. The van der Waals surface area contributed by atoms with Crippen LogP contribution in [0.4, 0.5) is 11.6 Å². The van der Waals surface area contributed by atoms with Gasteiger partial charge in [-0.25, -0.2) is 9.97 Å². The van der Waals surface area contributed by atoms with E-state index in [9.17, 15) is 4.79 Å². The first-order valence-electron chi connectivity index (χ1n) is 8.64. The Labute approximate surface area is 152 Å². The summed E-state index contributed by atoms with van der Waals surface area (Å²) in [6.07, 6.45) is 1.72. The van der Waals surface area contributed by atoms with Gasteiger partial charge in [-0.05, 0) is 24.3 Å². The molecule has 8 heteroatoms. The molecule has 0 atom stereocenters.